The van der Waals surface area contributed by atoms with Crippen LogP contribution in [0.5, 0.6) is 0 Å². The Balaban J connectivity index is 1.43. The molecule has 10 heteroatoms. The fraction of sp³-hybridized carbons (Fsp3) is 0.500. The van der Waals surface area contributed by atoms with Gasteiger partial charge in [-0.25, -0.2) is 17.9 Å². The number of nitrogens with one attached hydrogen (secondary N) is 2. The molecular formula is C20H22F2N4O3S. The van der Waals surface area contributed by atoms with Gasteiger partial charge in [-0.1, -0.05) is 6.07 Å². The van der Waals surface area contributed by atoms with Gasteiger partial charge in [0.1, 0.15) is 10.6 Å². The number of rotatable bonds is 3. The lowest BCUT2D eigenvalue weighted by atomic mass is 9.99. The summed E-state index contributed by atoms with van der Waals surface area (Å²) in [5.41, 5.74) is 4.52. The SMILES string of the molecule is O=C(Nc1c2c(cc3c1CCC3)CCC2)NS(=O)(=O)c1cnn2c1C(F)(F)CCC2. The van der Waals surface area contributed by atoms with E-state index in [9.17, 15) is 22.0 Å². The Morgan fingerprint density at radius 1 is 1.07 bits per heavy atom. The lowest BCUT2D eigenvalue weighted by molar-refractivity contribution is -0.0393. The topological polar surface area (TPSA) is 93.1 Å². The number of halogens is 2. The summed E-state index contributed by atoms with van der Waals surface area (Å²) in [5, 5.41) is 6.51. The Bertz CT molecular complexity index is 1130. The number of amides is 2. The third-order valence-electron chi connectivity index (χ3n) is 6.24. The van der Waals surface area contributed by atoms with E-state index in [4.69, 9.17) is 0 Å². The molecule has 1 aliphatic heterocycles. The molecule has 2 heterocycles. The molecule has 0 saturated heterocycles. The Kier molecular flexibility index (Phi) is 4.39. The zero-order valence-corrected chi connectivity index (χ0v) is 17.1. The molecule has 30 heavy (non-hydrogen) atoms. The predicted octanol–water partition coefficient (Wildman–Crippen LogP) is 3.26. The average molecular weight is 436 g/mol. The third kappa shape index (κ3) is 3.08. The minimum absolute atomic E-state index is 0.208. The first-order chi connectivity index (χ1) is 14.3. The van der Waals surface area contributed by atoms with Crippen molar-refractivity contribution in [2.24, 2.45) is 0 Å². The van der Waals surface area contributed by atoms with Gasteiger partial charge in [-0.2, -0.15) is 13.9 Å². The van der Waals surface area contributed by atoms with Crippen LogP contribution in [-0.4, -0.2) is 24.2 Å². The first-order valence-electron chi connectivity index (χ1n) is 10.2. The molecule has 1 aromatic carbocycles. The summed E-state index contributed by atoms with van der Waals surface area (Å²) in [4.78, 5) is 12.0. The fourth-order valence-corrected chi connectivity index (χ4v) is 6.06. The van der Waals surface area contributed by atoms with Gasteiger partial charge in [-0.3, -0.25) is 4.68 Å². The van der Waals surface area contributed by atoms with Crippen molar-refractivity contribution in [2.45, 2.75) is 68.7 Å². The number of fused-ring (bicyclic) bond motifs is 3. The largest absolute Gasteiger partial charge is 0.333 e. The molecule has 0 saturated carbocycles. The van der Waals surface area contributed by atoms with Crippen LogP contribution in [-0.2, 0) is 48.2 Å². The quantitative estimate of drug-likeness (QED) is 0.773. The van der Waals surface area contributed by atoms with Gasteiger partial charge < -0.3 is 5.32 Å². The van der Waals surface area contributed by atoms with E-state index in [2.05, 4.69) is 16.5 Å². The number of anilines is 1. The normalized spacial score (nSPS) is 19.1. The number of carbonyl (C=O) groups is 1. The second-order valence-corrected chi connectivity index (χ2v) is 9.83. The summed E-state index contributed by atoms with van der Waals surface area (Å²) >= 11 is 0. The Labute approximate surface area is 172 Å². The number of aromatic nitrogens is 2. The van der Waals surface area contributed by atoms with Crippen LogP contribution in [0.15, 0.2) is 17.2 Å². The predicted molar refractivity (Wildman–Crippen MR) is 105 cm³/mol. The number of carbonyl (C=O) groups excluding carboxylic acids is 1. The number of nitrogens with zero attached hydrogens (tertiary/aromatic N) is 2. The maximum absolute atomic E-state index is 14.4. The van der Waals surface area contributed by atoms with Crippen LogP contribution >= 0.6 is 0 Å². The number of aryl methyl sites for hydroxylation is 3. The van der Waals surface area contributed by atoms with Crippen LogP contribution < -0.4 is 10.0 Å². The smallest absolute Gasteiger partial charge is 0.307 e. The summed E-state index contributed by atoms with van der Waals surface area (Å²) in [5.74, 6) is -3.31. The van der Waals surface area contributed by atoms with Gasteiger partial charge in [0, 0.05) is 18.7 Å². The van der Waals surface area contributed by atoms with Crippen molar-refractivity contribution in [1.82, 2.24) is 14.5 Å². The van der Waals surface area contributed by atoms with E-state index in [0.717, 1.165) is 60.5 Å². The third-order valence-corrected chi connectivity index (χ3v) is 7.57. The van der Waals surface area contributed by atoms with E-state index in [0.29, 0.717) is 5.69 Å². The number of hydrogen-bond donors (Lipinski definition) is 2. The highest BCUT2D eigenvalue weighted by Gasteiger charge is 2.44. The Morgan fingerprint density at radius 3 is 2.40 bits per heavy atom. The molecule has 7 nitrogen and oxygen atoms in total. The molecule has 0 spiro atoms. The minimum Gasteiger partial charge on any atom is -0.307 e. The highest BCUT2D eigenvalue weighted by molar-refractivity contribution is 7.90. The van der Waals surface area contributed by atoms with Crippen molar-refractivity contribution in [3.63, 3.8) is 0 Å². The van der Waals surface area contributed by atoms with Gasteiger partial charge >= 0.3 is 6.03 Å². The molecule has 1 aromatic heterocycles. The Hall–Kier alpha value is -2.49. The highest BCUT2D eigenvalue weighted by atomic mass is 32.2. The number of urea groups is 1. The fourth-order valence-electron chi connectivity index (χ4n) is 4.96. The monoisotopic (exact) mass is 436 g/mol. The van der Waals surface area contributed by atoms with Crippen molar-refractivity contribution in [2.75, 3.05) is 5.32 Å². The maximum Gasteiger partial charge on any atom is 0.333 e. The molecule has 2 aliphatic carbocycles. The Morgan fingerprint density at radius 2 is 1.73 bits per heavy atom. The summed E-state index contributed by atoms with van der Waals surface area (Å²) in [6.07, 6.45) is 6.16. The zero-order chi connectivity index (χ0) is 21.1. The second-order valence-electron chi connectivity index (χ2n) is 8.18. The molecule has 3 aliphatic rings. The standard InChI is InChI=1S/C20H22F2N4O3S/c21-20(22)8-3-9-26-18(20)16(11-23-26)30(28,29)25-19(27)24-17-14-6-1-4-12(14)10-13-5-2-7-15(13)17/h10-11H,1-9H2,(H2,24,25,27). The van der Waals surface area contributed by atoms with E-state index in [1.165, 1.54) is 11.1 Å². The summed E-state index contributed by atoms with van der Waals surface area (Å²) in [6.45, 7) is 0.217. The number of benzene rings is 1. The number of sulfonamides is 1. The van der Waals surface area contributed by atoms with Crippen molar-refractivity contribution in [3.8, 4) is 0 Å². The lowest BCUT2D eigenvalue weighted by Gasteiger charge is -2.24. The van der Waals surface area contributed by atoms with Crippen molar-refractivity contribution in [3.05, 3.63) is 40.2 Å². The molecule has 2 aromatic rings. The van der Waals surface area contributed by atoms with Crippen molar-refractivity contribution >= 4 is 21.7 Å². The molecule has 0 radical (unpaired) electrons. The van der Waals surface area contributed by atoms with E-state index < -0.39 is 39.0 Å². The van der Waals surface area contributed by atoms with Crippen molar-refractivity contribution in [1.29, 1.82) is 0 Å². The molecule has 5 rings (SSSR count). The molecular weight excluding hydrogens is 414 g/mol. The molecule has 0 fully saturated rings. The van der Waals surface area contributed by atoms with Gasteiger partial charge in [-0.15, -0.1) is 0 Å². The van der Waals surface area contributed by atoms with E-state index in [-0.39, 0.29) is 13.0 Å². The first-order valence-corrected chi connectivity index (χ1v) is 11.7. The molecule has 2 N–H and O–H groups in total. The maximum atomic E-state index is 14.4. The molecule has 0 bridgehead atoms. The van der Waals surface area contributed by atoms with E-state index in [1.807, 2.05) is 4.72 Å². The number of alkyl halides is 2. The lowest BCUT2D eigenvalue weighted by Crippen LogP contribution is -2.36. The number of hydrogen-bond acceptors (Lipinski definition) is 4. The molecule has 0 unspecified atom stereocenters. The summed E-state index contributed by atoms with van der Waals surface area (Å²) in [7, 11) is -4.50. The van der Waals surface area contributed by atoms with Gasteiger partial charge in [0.05, 0.1) is 6.20 Å². The minimum atomic E-state index is -4.50. The van der Waals surface area contributed by atoms with Crippen LogP contribution in [0.1, 0.15) is 53.6 Å². The average Bonchev–Trinajstić information content (AvgIpc) is 3.39. The van der Waals surface area contributed by atoms with E-state index in [1.54, 1.807) is 0 Å². The first kappa shape index (κ1) is 19.5. The molecule has 2 amide bonds. The van der Waals surface area contributed by atoms with Crippen LogP contribution in [0.4, 0.5) is 19.3 Å². The highest BCUT2D eigenvalue weighted by Crippen LogP contribution is 2.40. The van der Waals surface area contributed by atoms with Gasteiger partial charge in [-0.05, 0) is 67.2 Å². The van der Waals surface area contributed by atoms with Crippen LogP contribution in [0.25, 0.3) is 0 Å². The van der Waals surface area contributed by atoms with Gasteiger partial charge in [0.2, 0.25) is 0 Å². The van der Waals surface area contributed by atoms with Crippen molar-refractivity contribution < 1.29 is 22.0 Å². The molecule has 160 valence electrons. The van der Waals surface area contributed by atoms with Crippen LogP contribution in [0, 0.1) is 0 Å². The van der Waals surface area contributed by atoms with Crippen LogP contribution in [0.2, 0.25) is 0 Å². The summed E-state index contributed by atoms with van der Waals surface area (Å²) in [6, 6.07) is 1.26. The van der Waals surface area contributed by atoms with Crippen LogP contribution in [0.3, 0.4) is 0 Å². The van der Waals surface area contributed by atoms with E-state index >= 15 is 0 Å². The second kappa shape index (κ2) is 6.76. The molecule has 0 atom stereocenters. The van der Waals surface area contributed by atoms with Gasteiger partial charge in [0.15, 0.2) is 0 Å². The van der Waals surface area contributed by atoms with Gasteiger partial charge in [0.25, 0.3) is 15.9 Å². The summed E-state index contributed by atoms with van der Waals surface area (Å²) < 4.78 is 57.1. The zero-order valence-electron chi connectivity index (χ0n) is 16.3.